The van der Waals surface area contributed by atoms with E-state index >= 15 is 0 Å². The molecule has 3 aromatic rings. The number of thioether (sulfide) groups is 1. The van der Waals surface area contributed by atoms with Gasteiger partial charge in [0, 0.05) is 19.0 Å². The van der Waals surface area contributed by atoms with E-state index in [1.807, 2.05) is 44.3 Å². The van der Waals surface area contributed by atoms with Crippen molar-refractivity contribution in [2.45, 2.75) is 37.4 Å². The zero-order valence-electron chi connectivity index (χ0n) is 16.3. The van der Waals surface area contributed by atoms with E-state index in [1.165, 1.54) is 22.2 Å². The van der Waals surface area contributed by atoms with Crippen LogP contribution in [0.5, 0.6) is 0 Å². The second-order valence-electron chi connectivity index (χ2n) is 7.18. The second-order valence-corrected chi connectivity index (χ2v) is 9.20. The van der Waals surface area contributed by atoms with Crippen LogP contribution in [0.3, 0.4) is 0 Å². The molecule has 1 aromatic carbocycles. The first-order valence-electron chi connectivity index (χ1n) is 9.42. The predicted molar refractivity (Wildman–Crippen MR) is 115 cm³/mol. The lowest BCUT2D eigenvalue weighted by Crippen LogP contribution is -2.31. The maximum absolute atomic E-state index is 12.9. The molecule has 0 aliphatic heterocycles. The molecule has 0 saturated carbocycles. The van der Waals surface area contributed by atoms with Gasteiger partial charge < -0.3 is 4.90 Å². The Bertz CT molecular complexity index is 1090. The Hall–Kier alpha value is -2.12. The molecule has 0 unspecified atom stereocenters. The molecule has 1 atom stereocenters. The minimum absolute atomic E-state index is 0.00496. The number of fused-ring (bicyclic) bond motifs is 3. The van der Waals surface area contributed by atoms with Crippen molar-refractivity contribution in [2.75, 3.05) is 12.8 Å². The van der Waals surface area contributed by atoms with E-state index in [2.05, 4.69) is 0 Å². The van der Waals surface area contributed by atoms with Crippen LogP contribution in [-0.2, 0) is 24.7 Å². The van der Waals surface area contributed by atoms with Gasteiger partial charge in [-0.1, -0.05) is 42.1 Å². The molecule has 0 spiro atoms. The van der Waals surface area contributed by atoms with Crippen molar-refractivity contribution >= 4 is 39.2 Å². The minimum atomic E-state index is -0.00571. The molecule has 2 aromatic heterocycles. The first kappa shape index (κ1) is 19.2. The summed E-state index contributed by atoms with van der Waals surface area (Å²) in [6, 6.07) is 9.97. The highest BCUT2D eigenvalue weighted by atomic mass is 32.2. The van der Waals surface area contributed by atoms with E-state index in [0.717, 1.165) is 35.0 Å². The van der Waals surface area contributed by atoms with Crippen LogP contribution in [0.1, 0.15) is 35.4 Å². The van der Waals surface area contributed by atoms with E-state index in [-0.39, 0.29) is 23.3 Å². The highest BCUT2D eigenvalue weighted by Crippen LogP contribution is 2.35. The zero-order valence-corrected chi connectivity index (χ0v) is 17.9. The third-order valence-electron chi connectivity index (χ3n) is 5.49. The van der Waals surface area contributed by atoms with E-state index in [1.54, 1.807) is 27.9 Å². The summed E-state index contributed by atoms with van der Waals surface area (Å²) in [5.41, 5.74) is 2.30. The topological polar surface area (TPSA) is 55.2 Å². The third-order valence-corrected chi connectivity index (χ3v) is 7.69. The number of thiophene rings is 1. The van der Waals surface area contributed by atoms with Gasteiger partial charge in [0.2, 0.25) is 5.91 Å². The van der Waals surface area contributed by atoms with Crippen LogP contribution in [-0.4, -0.2) is 33.2 Å². The number of hydrogen-bond acceptors (Lipinski definition) is 5. The number of aromatic nitrogens is 2. The smallest absolute Gasteiger partial charge is 0.262 e. The summed E-state index contributed by atoms with van der Waals surface area (Å²) in [5, 5.41) is 1.39. The molecule has 1 amide bonds. The molecule has 2 heterocycles. The maximum atomic E-state index is 12.9. The molecule has 0 bridgehead atoms. The number of benzene rings is 1. The Kier molecular flexibility index (Phi) is 5.29. The lowest BCUT2D eigenvalue weighted by molar-refractivity contribution is -0.128. The lowest BCUT2D eigenvalue weighted by atomic mass is 10.1. The van der Waals surface area contributed by atoms with Crippen LogP contribution in [0.4, 0.5) is 0 Å². The molecule has 1 aliphatic carbocycles. The van der Waals surface area contributed by atoms with Gasteiger partial charge in [0.05, 0.1) is 17.2 Å². The zero-order chi connectivity index (χ0) is 19.8. The average Bonchev–Trinajstić information content (AvgIpc) is 3.29. The standard InChI is InChI=1S/C21H23N3O2S2/c1-13(14-8-5-4-6-9-14)23(2)17(25)12-27-21-22-19-18(20(26)24(21)3)15-10-7-11-16(15)28-19/h4-6,8-9,13H,7,10-12H2,1-3H3/t13-/m1/s1. The Morgan fingerprint density at radius 2 is 2.07 bits per heavy atom. The maximum Gasteiger partial charge on any atom is 0.262 e. The molecule has 0 saturated heterocycles. The summed E-state index contributed by atoms with van der Waals surface area (Å²) >= 11 is 2.97. The Morgan fingerprint density at radius 1 is 1.32 bits per heavy atom. The van der Waals surface area contributed by atoms with E-state index in [0.29, 0.717) is 5.16 Å². The van der Waals surface area contributed by atoms with Crippen molar-refractivity contribution < 1.29 is 4.79 Å². The summed E-state index contributed by atoms with van der Waals surface area (Å²) < 4.78 is 1.59. The van der Waals surface area contributed by atoms with E-state index < -0.39 is 0 Å². The number of rotatable bonds is 5. The highest BCUT2D eigenvalue weighted by molar-refractivity contribution is 7.99. The quantitative estimate of drug-likeness (QED) is 0.472. The number of hydrogen-bond donors (Lipinski definition) is 0. The fourth-order valence-corrected chi connectivity index (χ4v) is 5.83. The van der Waals surface area contributed by atoms with Gasteiger partial charge in [-0.05, 0) is 37.3 Å². The molecule has 7 heteroatoms. The Balaban J connectivity index is 1.52. The molecule has 1 aliphatic rings. The molecule has 0 radical (unpaired) electrons. The van der Waals surface area contributed by atoms with E-state index in [4.69, 9.17) is 4.98 Å². The van der Waals surface area contributed by atoms with E-state index in [9.17, 15) is 9.59 Å². The van der Waals surface area contributed by atoms with Crippen molar-refractivity contribution in [2.24, 2.45) is 7.05 Å². The predicted octanol–water partition coefficient (Wildman–Crippen LogP) is 3.80. The third kappa shape index (κ3) is 3.37. The molecule has 146 valence electrons. The number of carbonyl (C=O) groups is 1. The van der Waals surface area contributed by atoms with Crippen LogP contribution < -0.4 is 5.56 Å². The summed E-state index contributed by atoms with van der Waals surface area (Å²) in [5.74, 6) is 0.272. The van der Waals surface area contributed by atoms with Crippen LogP contribution in [0.15, 0.2) is 40.3 Å². The van der Waals surface area contributed by atoms with Crippen LogP contribution in [0.25, 0.3) is 10.2 Å². The molecule has 5 nitrogen and oxygen atoms in total. The first-order valence-corrected chi connectivity index (χ1v) is 11.2. The lowest BCUT2D eigenvalue weighted by Gasteiger charge is -2.25. The number of nitrogens with zero attached hydrogens (tertiary/aromatic N) is 3. The highest BCUT2D eigenvalue weighted by Gasteiger charge is 2.23. The second kappa shape index (κ2) is 7.72. The number of amides is 1. The van der Waals surface area contributed by atoms with Gasteiger partial charge in [-0.25, -0.2) is 4.98 Å². The molecular formula is C21H23N3O2S2. The van der Waals surface area contributed by atoms with Crippen molar-refractivity contribution in [3.05, 3.63) is 56.7 Å². The van der Waals surface area contributed by atoms with Crippen molar-refractivity contribution in [1.29, 1.82) is 0 Å². The Morgan fingerprint density at radius 3 is 2.82 bits per heavy atom. The first-order chi connectivity index (χ1) is 13.5. The Labute approximate surface area is 172 Å². The molecule has 28 heavy (non-hydrogen) atoms. The van der Waals surface area contributed by atoms with Gasteiger partial charge >= 0.3 is 0 Å². The van der Waals surface area contributed by atoms with Gasteiger partial charge in [0.25, 0.3) is 5.56 Å². The summed E-state index contributed by atoms with van der Waals surface area (Å²) in [6.07, 6.45) is 3.14. The fourth-order valence-electron chi connectivity index (χ4n) is 3.63. The van der Waals surface area contributed by atoms with Crippen LogP contribution in [0.2, 0.25) is 0 Å². The summed E-state index contributed by atoms with van der Waals surface area (Å²) in [6.45, 7) is 2.02. The van der Waals surface area contributed by atoms with Crippen LogP contribution in [0, 0.1) is 0 Å². The number of carbonyl (C=O) groups excluding carboxylic acids is 1. The van der Waals surface area contributed by atoms with Gasteiger partial charge in [-0.3, -0.25) is 14.2 Å². The minimum Gasteiger partial charge on any atom is -0.338 e. The summed E-state index contributed by atoms with van der Waals surface area (Å²) in [4.78, 5) is 34.1. The van der Waals surface area contributed by atoms with Gasteiger partial charge in [0.1, 0.15) is 4.83 Å². The van der Waals surface area contributed by atoms with Gasteiger partial charge in [-0.15, -0.1) is 11.3 Å². The van der Waals surface area contributed by atoms with Gasteiger partial charge in [0.15, 0.2) is 5.16 Å². The molecule has 0 fully saturated rings. The van der Waals surface area contributed by atoms with Crippen LogP contribution >= 0.6 is 23.1 Å². The molecule has 4 rings (SSSR count). The largest absolute Gasteiger partial charge is 0.338 e. The van der Waals surface area contributed by atoms with Crippen molar-refractivity contribution in [1.82, 2.24) is 14.5 Å². The average molecular weight is 414 g/mol. The normalized spacial score (nSPS) is 14.2. The van der Waals surface area contributed by atoms with Crippen molar-refractivity contribution in [3.63, 3.8) is 0 Å². The fraction of sp³-hybridized carbons (Fsp3) is 0.381. The molecule has 0 N–H and O–H groups in total. The monoisotopic (exact) mass is 413 g/mol. The van der Waals surface area contributed by atoms with Crippen molar-refractivity contribution in [3.8, 4) is 0 Å². The number of aryl methyl sites for hydroxylation is 2. The van der Waals surface area contributed by atoms with Gasteiger partial charge in [-0.2, -0.15) is 0 Å². The molecular weight excluding hydrogens is 390 g/mol. The summed E-state index contributed by atoms with van der Waals surface area (Å²) in [7, 11) is 3.57. The SMILES string of the molecule is C[C@H](c1ccccc1)N(C)C(=O)CSc1nc2sc3c(c2c(=O)n1C)CCC3.